The molecule has 0 aliphatic rings. The van der Waals surface area contributed by atoms with Crippen LogP contribution in [-0.4, -0.2) is 34.7 Å². The highest BCUT2D eigenvalue weighted by atomic mass is 35.5. The molecule has 34 heavy (non-hydrogen) atoms. The number of para-hydroxylation sites is 1. The normalized spacial score (nSPS) is 12.7. The number of hydrogen-bond donors (Lipinski definition) is 2. The molecule has 0 aliphatic heterocycles. The molecule has 0 spiro atoms. The number of hydrogen-bond acceptors (Lipinski definition) is 4. The highest BCUT2D eigenvalue weighted by molar-refractivity contribution is 6.33. The van der Waals surface area contributed by atoms with Gasteiger partial charge in [0.1, 0.15) is 5.71 Å². The van der Waals surface area contributed by atoms with E-state index < -0.39 is 11.9 Å². The van der Waals surface area contributed by atoms with Crippen LogP contribution in [0.4, 0.5) is 18.9 Å². The Labute approximate surface area is 200 Å². The number of carbonyl (C=O) groups is 1. The van der Waals surface area contributed by atoms with Crippen LogP contribution in [0.15, 0.2) is 79.1 Å². The van der Waals surface area contributed by atoms with Crippen molar-refractivity contribution in [1.82, 2.24) is 9.88 Å². The van der Waals surface area contributed by atoms with Crippen molar-refractivity contribution in [1.29, 1.82) is 5.41 Å². The van der Waals surface area contributed by atoms with Gasteiger partial charge in [-0.2, -0.15) is 13.2 Å². The van der Waals surface area contributed by atoms with E-state index in [0.717, 1.165) is 5.56 Å². The van der Waals surface area contributed by atoms with E-state index in [-0.39, 0.29) is 17.6 Å². The van der Waals surface area contributed by atoms with Gasteiger partial charge in [-0.15, -0.1) is 0 Å². The molecule has 0 saturated heterocycles. The summed E-state index contributed by atoms with van der Waals surface area (Å²) in [5.41, 5.74) is 0.533. The zero-order valence-corrected chi connectivity index (χ0v) is 19.2. The minimum Gasteiger partial charge on any atom is -0.354 e. The molecule has 3 rings (SSSR count). The predicted octanol–water partition coefficient (Wildman–Crippen LogP) is 6.60. The molecule has 0 radical (unpaired) electrons. The van der Waals surface area contributed by atoms with Crippen molar-refractivity contribution in [3.63, 3.8) is 0 Å². The van der Waals surface area contributed by atoms with Crippen LogP contribution in [0.3, 0.4) is 0 Å². The van der Waals surface area contributed by atoms with Crippen LogP contribution in [0, 0.1) is 5.41 Å². The average Bonchev–Trinajstić information content (AvgIpc) is 2.83. The Morgan fingerprint density at radius 1 is 1.06 bits per heavy atom. The van der Waals surface area contributed by atoms with Gasteiger partial charge in [-0.1, -0.05) is 35.9 Å². The van der Waals surface area contributed by atoms with Gasteiger partial charge in [-0.05, 0) is 60.5 Å². The maximum absolute atomic E-state index is 13.0. The number of anilines is 1. The van der Waals surface area contributed by atoms with Crippen LogP contribution in [0.2, 0.25) is 5.02 Å². The number of pyridine rings is 1. The molecule has 176 valence electrons. The zero-order chi connectivity index (χ0) is 24.9. The lowest BCUT2D eigenvalue weighted by Crippen LogP contribution is -2.29. The third-order valence-electron chi connectivity index (χ3n) is 5.27. The van der Waals surface area contributed by atoms with Gasteiger partial charge in [0.25, 0.3) is 5.91 Å². The molecule has 0 aliphatic carbocycles. The fraction of sp³-hybridized carbons (Fsp3) is 0.160. The van der Waals surface area contributed by atoms with Crippen LogP contribution in [0.1, 0.15) is 34.5 Å². The molecule has 3 aromatic rings. The van der Waals surface area contributed by atoms with Crippen LogP contribution in [-0.2, 0) is 0 Å². The molecule has 0 bridgehead atoms. The summed E-state index contributed by atoms with van der Waals surface area (Å²) < 4.78 is 39.1. The van der Waals surface area contributed by atoms with Gasteiger partial charge in [-0.25, -0.2) is 0 Å². The number of benzene rings is 2. The van der Waals surface area contributed by atoms with Crippen molar-refractivity contribution < 1.29 is 18.0 Å². The summed E-state index contributed by atoms with van der Waals surface area (Å²) in [5, 5.41) is 10.6. The molecule has 1 atom stereocenters. The molecule has 1 heterocycles. The molecule has 0 fully saturated rings. The summed E-state index contributed by atoms with van der Waals surface area (Å²) in [6.07, 6.45) is -0.818. The molecular weight excluding hydrogens is 465 g/mol. The van der Waals surface area contributed by atoms with Crippen LogP contribution < -0.4 is 5.32 Å². The highest BCUT2D eigenvalue weighted by Gasteiger charge is 2.33. The number of halogens is 4. The average molecular weight is 487 g/mol. The number of alkyl halides is 3. The fourth-order valence-corrected chi connectivity index (χ4v) is 3.35. The van der Waals surface area contributed by atoms with Gasteiger partial charge >= 0.3 is 6.18 Å². The van der Waals surface area contributed by atoms with Crippen LogP contribution in [0.5, 0.6) is 0 Å². The van der Waals surface area contributed by atoms with E-state index in [9.17, 15) is 18.0 Å². The molecule has 0 saturated carbocycles. The van der Waals surface area contributed by atoms with E-state index in [0.29, 0.717) is 27.9 Å². The summed E-state index contributed by atoms with van der Waals surface area (Å²) >= 11 is 6.14. The van der Waals surface area contributed by atoms with Crippen molar-refractivity contribution >= 4 is 34.6 Å². The van der Waals surface area contributed by atoms with Gasteiger partial charge in [-0.3, -0.25) is 15.2 Å². The standard InChI is InChI=1S/C25H22ClF3N4O/c1-16(17-11-13-31-14-12-17)33(2)24(34)19-9-7-18(8-10-19)22(15-23(30)25(27,28)29)32-21-6-4-3-5-20(21)26/h3-16,30,32H,1-2H3/b22-15-,30-23?. The second kappa shape index (κ2) is 10.5. The molecule has 2 aromatic carbocycles. The number of allylic oxidation sites excluding steroid dienone is 1. The summed E-state index contributed by atoms with van der Waals surface area (Å²) in [7, 11) is 1.68. The number of nitrogens with one attached hydrogen (secondary N) is 2. The number of nitrogens with zero attached hydrogens (tertiary/aromatic N) is 2. The second-order valence-electron chi connectivity index (χ2n) is 7.52. The Kier molecular flexibility index (Phi) is 7.73. The van der Waals surface area contributed by atoms with Gasteiger partial charge in [0, 0.05) is 30.7 Å². The number of carbonyl (C=O) groups excluding carboxylic acids is 1. The van der Waals surface area contributed by atoms with E-state index in [2.05, 4.69) is 10.3 Å². The smallest absolute Gasteiger partial charge is 0.354 e. The number of amides is 1. The second-order valence-corrected chi connectivity index (χ2v) is 7.93. The van der Waals surface area contributed by atoms with Crippen molar-refractivity contribution in [3.05, 3.63) is 101 Å². The van der Waals surface area contributed by atoms with Gasteiger partial charge < -0.3 is 10.2 Å². The molecule has 9 heteroatoms. The van der Waals surface area contributed by atoms with Gasteiger partial charge in [0.2, 0.25) is 0 Å². The summed E-state index contributed by atoms with van der Waals surface area (Å²) in [6.45, 7) is 1.89. The SMILES string of the molecule is CC(c1ccncc1)N(C)C(=O)c1ccc(/C(=C/C(=N)C(F)(F)F)Nc2ccccc2Cl)cc1. The Morgan fingerprint density at radius 3 is 2.24 bits per heavy atom. The minimum absolute atomic E-state index is 0.0212. The molecule has 5 nitrogen and oxygen atoms in total. The van der Waals surface area contributed by atoms with Crippen molar-refractivity contribution in [2.75, 3.05) is 12.4 Å². The first-order chi connectivity index (χ1) is 16.1. The lowest BCUT2D eigenvalue weighted by Gasteiger charge is -2.25. The van der Waals surface area contributed by atoms with Gasteiger partial charge in [0.15, 0.2) is 0 Å². The topological polar surface area (TPSA) is 69.1 Å². The molecular formula is C25H22ClF3N4O. The fourth-order valence-electron chi connectivity index (χ4n) is 3.16. The van der Waals surface area contributed by atoms with E-state index >= 15 is 0 Å². The molecule has 1 unspecified atom stereocenters. The first-order valence-corrected chi connectivity index (χ1v) is 10.6. The summed E-state index contributed by atoms with van der Waals surface area (Å²) in [4.78, 5) is 18.5. The lowest BCUT2D eigenvalue weighted by atomic mass is 10.0. The molecule has 1 aromatic heterocycles. The Morgan fingerprint density at radius 2 is 1.65 bits per heavy atom. The van der Waals surface area contributed by atoms with Gasteiger partial charge in [0.05, 0.1) is 16.8 Å². The Balaban J connectivity index is 1.88. The van der Waals surface area contributed by atoms with Crippen molar-refractivity contribution in [3.8, 4) is 0 Å². The van der Waals surface area contributed by atoms with E-state index in [1.807, 2.05) is 19.1 Å². The lowest BCUT2D eigenvalue weighted by molar-refractivity contribution is -0.0583. The highest BCUT2D eigenvalue weighted by Crippen LogP contribution is 2.28. The first kappa shape index (κ1) is 25.0. The number of rotatable bonds is 7. The Bertz CT molecular complexity index is 1190. The maximum Gasteiger partial charge on any atom is 0.432 e. The zero-order valence-electron chi connectivity index (χ0n) is 18.4. The maximum atomic E-state index is 13.0. The first-order valence-electron chi connectivity index (χ1n) is 10.2. The number of aromatic nitrogens is 1. The quantitative estimate of drug-likeness (QED) is 0.369. The Hall–Kier alpha value is -3.65. The van der Waals surface area contributed by atoms with E-state index in [1.54, 1.807) is 48.6 Å². The summed E-state index contributed by atoms with van der Waals surface area (Å²) in [5.74, 6) is -0.247. The predicted molar refractivity (Wildman–Crippen MR) is 128 cm³/mol. The third kappa shape index (κ3) is 6.02. The van der Waals surface area contributed by atoms with Crippen LogP contribution >= 0.6 is 11.6 Å². The monoisotopic (exact) mass is 486 g/mol. The molecule has 2 N–H and O–H groups in total. The minimum atomic E-state index is -4.81. The van der Waals surface area contributed by atoms with E-state index in [4.69, 9.17) is 17.0 Å². The largest absolute Gasteiger partial charge is 0.432 e. The van der Waals surface area contributed by atoms with E-state index in [1.165, 1.54) is 24.3 Å². The van der Waals surface area contributed by atoms with Crippen LogP contribution in [0.25, 0.3) is 5.70 Å². The van der Waals surface area contributed by atoms with Crippen molar-refractivity contribution in [2.45, 2.75) is 19.1 Å². The summed E-state index contributed by atoms with van der Waals surface area (Å²) in [6, 6.07) is 16.1. The third-order valence-corrected chi connectivity index (χ3v) is 5.60. The van der Waals surface area contributed by atoms with Crippen molar-refractivity contribution in [2.24, 2.45) is 0 Å². The molecule has 1 amide bonds.